The van der Waals surface area contributed by atoms with E-state index < -0.39 is 0 Å². The molecule has 0 aliphatic rings. The van der Waals surface area contributed by atoms with Gasteiger partial charge in [0.15, 0.2) is 0 Å². The average Bonchev–Trinajstić information content (AvgIpc) is 2.57. The van der Waals surface area contributed by atoms with E-state index in [1.165, 1.54) is 0 Å². The molecule has 2 aromatic rings. The largest absolute Gasteiger partial charge is 0.444 e. The van der Waals surface area contributed by atoms with Gasteiger partial charge in [0.2, 0.25) is 5.89 Å². The van der Waals surface area contributed by atoms with Crippen molar-refractivity contribution < 1.29 is 4.42 Å². The van der Waals surface area contributed by atoms with Crippen LogP contribution in [0.2, 0.25) is 0 Å². The van der Waals surface area contributed by atoms with Crippen LogP contribution < -0.4 is 0 Å². The number of aromatic nitrogens is 1. The van der Waals surface area contributed by atoms with Gasteiger partial charge in [0.05, 0.1) is 11.8 Å². The lowest BCUT2D eigenvalue weighted by molar-refractivity contribution is 0.574. The fraction of sp³-hybridized carbons (Fsp3) is 0. The zero-order chi connectivity index (χ0) is 8.39. The van der Waals surface area contributed by atoms with E-state index in [4.69, 9.17) is 4.42 Å². The number of halogens is 1. The van der Waals surface area contributed by atoms with Crippen LogP contribution in [0.1, 0.15) is 0 Å². The van der Waals surface area contributed by atoms with E-state index in [9.17, 15) is 0 Å². The SMILES string of the molecule is Brc1ccccc1-c1ncco1. The van der Waals surface area contributed by atoms with Gasteiger partial charge in [0.25, 0.3) is 0 Å². The van der Waals surface area contributed by atoms with Gasteiger partial charge in [-0.3, -0.25) is 0 Å². The molecule has 0 unspecified atom stereocenters. The quantitative estimate of drug-likeness (QED) is 0.743. The third kappa shape index (κ3) is 1.28. The van der Waals surface area contributed by atoms with Crippen molar-refractivity contribution in [2.45, 2.75) is 0 Å². The highest BCUT2D eigenvalue weighted by Crippen LogP contribution is 2.25. The second kappa shape index (κ2) is 3.11. The molecule has 2 nitrogen and oxygen atoms in total. The van der Waals surface area contributed by atoms with E-state index >= 15 is 0 Å². The number of hydrogen-bond acceptors (Lipinski definition) is 2. The van der Waals surface area contributed by atoms with Crippen molar-refractivity contribution in [1.82, 2.24) is 4.98 Å². The fourth-order valence-corrected chi connectivity index (χ4v) is 1.45. The molecule has 60 valence electrons. The first-order valence-corrected chi connectivity index (χ1v) is 4.31. The van der Waals surface area contributed by atoms with Crippen LogP contribution in [0.4, 0.5) is 0 Å². The van der Waals surface area contributed by atoms with Crippen LogP contribution in [0.3, 0.4) is 0 Å². The number of oxazole rings is 1. The molecule has 0 radical (unpaired) electrons. The Kier molecular flexibility index (Phi) is 1.96. The van der Waals surface area contributed by atoms with Crippen molar-refractivity contribution in [3.63, 3.8) is 0 Å². The number of hydrogen-bond donors (Lipinski definition) is 0. The fourth-order valence-electron chi connectivity index (χ4n) is 0.991. The first kappa shape index (κ1) is 7.55. The minimum Gasteiger partial charge on any atom is -0.444 e. The molecule has 0 saturated heterocycles. The zero-order valence-corrected chi connectivity index (χ0v) is 7.78. The molecule has 0 aliphatic heterocycles. The van der Waals surface area contributed by atoms with Gasteiger partial charge in [-0.15, -0.1) is 0 Å². The molecule has 0 aliphatic carbocycles. The van der Waals surface area contributed by atoms with Crippen LogP contribution >= 0.6 is 15.9 Å². The van der Waals surface area contributed by atoms with Crippen LogP contribution in [-0.2, 0) is 0 Å². The van der Waals surface area contributed by atoms with Crippen molar-refractivity contribution in [2.75, 3.05) is 0 Å². The van der Waals surface area contributed by atoms with Crippen molar-refractivity contribution in [3.05, 3.63) is 41.2 Å². The van der Waals surface area contributed by atoms with Gasteiger partial charge in [-0.2, -0.15) is 0 Å². The van der Waals surface area contributed by atoms with E-state index in [1.54, 1.807) is 12.5 Å². The van der Waals surface area contributed by atoms with Crippen LogP contribution in [0.15, 0.2) is 45.6 Å². The van der Waals surface area contributed by atoms with Gasteiger partial charge in [-0.05, 0) is 28.1 Å². The first-order valence-electron chi connectivity index (χ1n) is 3.52. The summed E-state index contributed by atoms with van der Waals surface area (Å²) in [5, 5.41) is 0. The highest BCUT2D eigenvalue weighted by molar-refractivity contribution is 9.10. The highest BCUT2D eigenvalue weighted by Gasteiger charge is 2.04. The Labute approximate surface area is 78.4 Å². The zero-order valence-electron chi connectivity index (χ0n) is 6.20. The average molecular weight is 224 g/mol. The van der Waals surface area contributed by atoms with Crippen LogP contribution in [-0.4, -0.2) is 4.98 Å². The third-order valence-corrected chi connectivity index (χ3v) is 2.23. The summed E-state index contributed by atoms with van der Waals surface area (Å²) in [6, 6.07) is 7.82. The van der Waals surface area contributed by atoms with E-state index in [0.717, 1.165) is 10.0 Å². The molecule has 1 aromatic carbocycles. The second-order valence-corrected chi connectivity index (χ2v) is 3.17. The van der Waals surface area contributed by atoms with Crippen molar-refractivity contribution in [3.8, 4) is 11.5 Å². The summed E-state index contributed by atoms with van der Waals surface area (Å²) in [5.74, 6) is 0.641. The van der Waals surface area contributed by atoms with Gasteiger partial charge in [0.1, 0.15) is 6.26 Å². The van der Waals surface area contributed by atoms with Crippen molar-refractivity contribution in [1.29, 1.82) is 0 Å². The Balaban J connectivity index is 2.55. The Morgan fingerprint density at radius 1 is 1.25 bits per heavy atom. The number of benzene rings is 1. The lowest BCUT2D eigenvalue weighted by atomic mass is 10.2. The summed E-state index contributed by atoms with van der Waals surface area (Å²) < 4.78 is 6.15. The van der Waals surface area contributed by atoms with Crippen molar-refractivity contribution in [2.24, 2.45) is 0 Å². The normalized spacial score (nSPS) is 10.1. The lowest BCUT2D eigenvalue weighted by Gasteiger charge is -1.96. The predicted octanol–water partition coefficient (Wildman–Crippen LogP) is 3.10. The molecule has 3 heteroatoms. The van der Waals surface area contributed by atoms with Gasteiger partial charge >= 0.3 is 0 Å². The summed E-state index contributed by atoms with van der Waals surface area (Å²) in [6.07, 6.45) is 3.20. The highest BCUT2D eigenvalue weighted by atomic mass is 79.9. The summed E-state index contributed by atoms with van der Waals surface area (Å²) in [4.78, 5) is 4.05. The first-order chi connectivity index (χ1) is 5.88. The minimum absolute atomic E-state index is 0.641. The summed E-state index contributed by atoms with van der Waals surface area (Å²) in [7, 11) is 0. The predicted molar refractivity (Wildman–Crippen MR) is 49.6 cm³/mol. The van der Waals surface area contributed by atoms with Gasteiger partial charge in [-0.1, -0.05) is 12.1 Å². The Morgan fingerprint density at radius 3 is 2.75 bits per heavy atom. The molecule has 0 fully saturated rings. The molecule has 12 heavy (non-hydrogen) atoms. The smallest absolute Gasteiger partial charge is 0.227 e. The molecule has 0 atom stereocenters. The van der Waals surface area contributed by atoms with Crippen LogP contribution in [0, 0.1) is 0 Å². The standard InChI is InChI=1S/C9H6BrNO/c10-8-4-2-1-3-7(8)9-11-5-6-12-9/h1-6H. The molecule has 0 bridgehead atoms. The Hall–Kier alpha value is -1.09. The monoisotopic (exact) mass is 223 g/mol. The summed E-state index contributed by atoms with van der Waals surface area (Å²) >= 11 is 3.42. The van der Waals surface area contributed by atoms with Gasteiger partial charge in [-0.25, -0.2) is 4.98 Å². The molecule has 0 saturated carbocycles. The summed E-state index contributed by atoms with van der Waals surface area (Å²) in [6.45, 7) is 0. The van der Waals surface area contributed by atoms with E-state index in [1.807, 2.05) is 24.3 Å². The molecular weight excluding hydrogens is 218 g/mol. The Bertz CT molecular complexity index is 370. The van der Waals surface area contributed by atoms with Gasteiger partial charge < -0.3 is 4.42 Å². The maximum atomic E-state index is 5.16. The molecule has 0 amide bonds. The lowest BCUT2D eigenvalue weighted by Crippen LogP contribution is -1.77. The second-order valence-electron chi connectivity index (χ2n) is 2.32. The topological polar surface area (TPSA) is 26.0 Å². The van der Waals surface area contributed by atoms with Crippen LogP contribution in [0.5, 0.6) is 0 Å². The van der Waals surface area contributed by atoms with E-state index in [-0.39, 0.29) is 0 Å². The minimum atomic E-state index is 0.641. The molecule has 1 heterocycles. The molecule has 0 spiro atoms. The molecule has 0 N–H and O–H groups in total. The molecule has 1 aromatic heterocycles. The maximum absolute atomic E-state index is 5.16. The maximum Gasteiger partial charge on any atom is 0.227 e. The number of rotatable bonds is 1. The molecule has 2 rings (SSSR count). The number of nitrogens with zero attached hydrogens (tertiary/aromatic N) is 1. The summed E-state index contributed by atoms with van der Waals surface area (Å²) in [5.41, 5.74) is 0.975. The van der Waals surface area contributed by atoms with E-state index in [0.29, 0.717) is 5.89 Å². The van der Waals surface area contributed by atoms with Crippen LogP contribution in [0.25, 0.3) is 11.5 Å². The Morgan fingerprint density at radius 2 is 2.08 bits per heavy atom. The molecular formula is C9H6BrNO. The third-order valence-electron chi connectivity index (χ3n) is 1.54. The van der Waals surface area contributed by atoms with E-state index in [2.05, 4.69) is 20.9 Å². The van der Waals surface area contributed by atoms with Gasteiger partial charge in [0, 0.05) is 4.47 Å². The van der Waals surface area contributed by atoms with Crippen molar-refractivity contribution >= 4 is 15.9 Å².